The van der Waals surface area contributed by atoms with Crippen molar-refractivity contribution < 1.29 is 9.47 Å². The third-order valence-corrected chi connectivity index (χ3v) is 3.91. The molecule has 1 aliphatic rings. The van der Waals surface area contributed by atoms with Gasteiger partial charge in [-0.15, -0.1) is 0 Å². The molecule has 118 valence electrons. The summed E-state index contributed by atoms with van der Waals surface area (Å²) in [5.74, 6) is 1.79. The molecule has 0 aliphatic heterocycles. The molecule has 1 aromatic carbocycles. The van der Waals surface area contributed by atoms with Crippen LogP contribution in [0.15, 0.2) is 18.2 Å². The van der Waals surface area contributed by atoms with Gasteiger partial charge >= 0.3 is 0 Å². The van der Waals surface area contributed by atoms with E-state index in [1.54, 1.807) is 0 Å². The van der Waals surface area contributed by atoms with Crippen molar-refractivity contribution in [3.63, 3.8) is 0 Å². The maximum atomic E-state index is 6.17. The van der Waals surface area contributed by atoms with E-state index in [-0.39, 0.29) is 0 Å². The van der Waals surface area contributed by atoms with Gasteiger partial charge in [0.1, 0.15) is 0 Å². The van der Waals surface area contributed by atoms with Crippen LogP contribution in [-0.4, -0.2) is 19.3 Å². The van der Waals surface area contributed by atoms with Crippen molar-refractivity contribution in [3.05, 3.63) is 23.8 Å². The second kappa shape index (κ2) is 8.93. The fourth-order valence-electron chi connectivity index (χ4n) is 2.80. The minimum absolute atomic E-state index is 0.363. The van der Waals surface area contributed by atoms with E-state index in [4.69, 9.17) is 9.47 Å². The third kappa shape index (κ3) is 5.24. The van der Waals surface area contributed by atoms with Crippen LogP contribution in [0, 0.1) is 0 Å². The summed E-state index contributed by atoms with van der Waals surface area (Å²) in [6, 6.07) is 6.33. The average molecular weight is 291 g/mol. The van der Waals surface area contributed by atoms with Gasteiger partial charge in [0.25, 0.3) is 0 Å². The zero-order valence-electron chi connectivity index (χ0n) is 13.5. The van der Waals surface area contributed by atoms with Crippen molar-refractivity contribution in [2.75, 3.05) is 13.2 Å². The second-order valence-electron chi connectivity index (χ2n) is 5.77. The molecule has 0 saturated heterocycles. The summed E-state index contributed by atoms with van der Waals surface area (Å²) in [4.78, 5) is 0. The highest BCUT2D eigenvalue weighted by atomic mass is 16.5. The molecule has 1 fully saturated rings. The van der Waals surface area contributed by atoms with E-state index < -0.39 is 0 Å². The predicted molar refractivity (Wildman–Crippen MR) is 87.1 cm³/mol. The molecule has 3 nitrogen and oxygen atoms in total. The van der Waals surface area contributed by atoms with Crippen molar-refractivity contribution in [3.8, 4) is 11.5 Å². The first-order valence-corrected chi connectivity index (χ1v) is 8.46. The fourth-order valence-corrected chi connectivity index (χ4v) is 2.80. The molecule has 1 aromatic rings. The van der Waals surface area contributed by atoms with Crippen LogP contribution in [0.1, 0.15) is 57.9 Å². The monoisotopic (exact) mass is 291 g/mol. The molecule has 2 rings (SSSR count). The zero-order chi connectivity index (χ0) is 14.9. The fraction of sp³-hybridized carbons (Fsp3) is 0.667. The Kier molecular flexibility index (Phi) is 6.87. The summed E-state index contributed by atoms with van der Waals surface area (Å²) in [6.45, 7) is 6.81. The number of nitrogens with one attached hydrogen (secondary N) is 1. The summed E-state index contributed by atoms with van der Waals surface area (Å²) < 4.78 is 11.9. The molecule has 0 spiro atoms. The maximum Gasteiger partial charge on any atom is 0.161 e. The van der Waals surface area contributed by atoms with Crippen LogP contribution in [0.3, 0.4) is 0 Å². The van der Waals surface area contributed by atoms with Gasteiger partial charge in [-0.2, -0.15) is 0 Å². The Balaban J connectivity index is 2.01. The molecule has 0 unspecified atom stereocenters. The minimum Gasteiger partial charge on any atom is -0.490 e. The molecule has 0 atom stereocenters. The standard InChI is InChI=1S/C18H29NO2/c1-3-12-19-14-15-10-11-17(18(13-15)20-4-2)21-16-8-6-5-7-9-16/h10-11,13,16,19H,3-9,12,14H2,1-2H3. The summed E-state index contributed by atoms with van der Waals surface area (Å²) in [6.07, 6.45) is 7.78. The Morgan fingerprint density at radius 1 is 1.10 bits per heavy atom. The van der Waals surface area contributed by atoms with Gasteiger partial charge in [0, 0.05) is 6.54 Å². The van der Waals surface area contributed by atoms with Gasteiger partial charge in [0.2, 0.25) is 0 Å². The summed E-state index contributed by atoms with van der Waals surface area (Å²) in [5.41, 5.74) is 1.25. The Labute approximate surface area is 129 Å². The van der Waals surface area contributed by atoms with Crippen LogP contribution in [0.5, 0.6) is 11.5 Å². The molecule has 0 heterocycles. The molecule has 0 aromatic heterocycles. The van der Waals surface area contributed by atoms with Crippen LogP contribution in [-0.2, 0) is 6.54 Å². The Hall–Kier alpha value is -1.22. The molecule has 1 N–H and O–H groups in total. The summed E-state index contributed by atoms with van der Waals surface area (Å²) in [7, 11) is 0. The van der Waals surface area contributed by atoms with Gasteiger partial charge in [-0.05, 0) is 63.3 Å². The SMILES string of the molecule is CCCNCc1ccc(OC2CCCCC2)c(OCC)c1. The van der Waals surface area contributed by atoms with E-state index in [1.807, 2.05) is 6.92 Å². The van der Waals surface area contributed by atoms with E-state index in [9.17, 15) is 0 Å². The van der Waals surface area contributed by atoms with Gasteiger partial charge in [0.15, 0.2) is 11.5 Å². The van der Waals surface area contributed by atoms with Crippen molar-refractivity contribution in [1.29, 1.82) is 0 Å². The lowest BCUT2D eigenvalue weighted by atomic mass is 9.98. The number of ether oxygens (including phenoxy) is 2. The topological polar surface area (TPSA) is 30.5 Å². The average Bonchev–Trinajstić information content (AvgIpc) is 2.51. The minimum atomic E-state index is 0.363. The Morgan fingerprint density at radius 3 is 2.62 bits per heavy atom. The van der Waals surface area contributed by atoms with Crippen LogP contribution in [0.4, 0.5) is 0 Å². The lowest BCUT2D eigenvalue weighted by molar-refractivity contribution is 0.147. The molecule has 0 bridgehead atoms. The van der Waals surface area contributed by atoms with E-state index in [1.165, 1.54) is 37.7 Å². The van der Waals surface area contributed by atoms with E-state index in [0.29, 0.717) is 12.7 Å². The predicted octanol–water partition coefficient (Wildman–Crippen LogP) is 4.30. The first-order valence-electron chi connectivity index (χ1n) is 8.46. The van der Waals surface area contributed by atoms with Gasteiger partial charge in [-0.3, -0.25) is 0 Å². The molecule has 0 radical (unpaired) electrons. The van der Waals surface area contributed by atoms with Crippen LogP contribution in [0.25, 0.3) is 0 Å². The normalized spacial score (nSPS) is 15.9. The van der Waals surface area contributed by atoms with Gasteiger partial charge in [-0.25, -0.2) is 0 Å². The summed E-state index contributed by atoms with van der Waals surface area (Å²) >= 11 is 0. The first-order chi connectivity index (χ1) is 10.3. The lowest BCUT2D eigenvalue weighted by Gasteiger charge is -2.24. The number of hydrogen-bond acceptors (Lipinski definition) is 3. The highest BCUT2D eigenvalue weighted by Crippen LogP contribution is 2.32. The molecular weight excluding hydrogens is 262 g/mol. The van der Waals surface area contributed by atoms with Gasteiger partial charge in [0.05, 0.1) is 12.7 Å². The van der Waals surface area contributed by atoms with E-state index in [0.717, 1.165) is 31.0 Å². The molecule has 3 heteroatoms. The molecule has 21 heavy (non-hydrogen) atoms. The molecule has 1 saturated carbocycles. The van der Waals surface area contributed by atoms with Crippen molar-refractivity contribution in [1.82, 2.24) is 5.32 Å². The molecular formula is C18H29NO2. The molecule has 0 amide bonds. The number of hydrogen-bond donors (Lipinski definition) is 1. The summed E-state index contributed by atoms with van der Waals surface area (Å²) in [5, 5.41) is 3.43. The third-order valence-electron chi connectivity index (χ3n) is 3.91. The maximum absolute atomic E-state index is 6.17. The highest BCUT2D eigenvalue weighted by Gasteiger charge is 2.17. The van der Waals surface area contributed by atoms with Crippen molar-refractivity contribution >= 4 is 0 Å². The van der Waals surface area contributed by atoms with Crippen LogP contribution >= 0.6 is 0 Å². The van der Waals surface area contributed by atoms with Crippen LogP contribution in [0.2, 0.25) is 0 Å². The van der Waals surface area contributed by atoms with Crippen molar-refractivity contribution in [2.45, 2.75) is 65.0 Å². The van der Waals surface area contributed by atoms with E-state index >= 15 is 0 Å². The number of benzene rings is 1. The highest BCUT2D eigenvalue weighted by molar-refractivity contribution is 5.43. The first kappa shape index (κ1) is 16.2. The van der Waals surface area contributed by atoms with Crippen LogP contribution < -0.4 is 14.8 Å². The second-order valence-corrected chi connectivity index (χ2v) is 5.77. The van der Waals surface area contributed by atoms with E-state index in [2.05, 4.69) is 30.4 Å². The largest absolute Gasteiger partial charge is 0.490 e. The lowest BCUT2D eigenvalue weighted by Crippen LogP contribution is -2.20. The Morgan fingerprint density at radius 2 is 1.90 bits per heavy atom. The van der Waals surface area contributed by atoms with Crippen molar-refractivity contribution in [2.24, 2.45) is 0 Å². The quantitative estimate of drug-likeness (QED) is 0.725. The smallest absolute Gasteiger partial charge is 0.161 e. The Bertz CT molecular complexity index is 414. The zero-order valence-corrected chi connectivity index (χ0v) is 13.5. The number of rotatable bonds is 8. The van der Waals surface area contributed by atoms with Gasteiger partial charge in [-0.1, -0.05) is 19.4 Å². The molecule has 1 aliphatic carbocycles. The van der Waals surface area contributed by atoms with Gasteiger partial charge < -0.3 is 14.8 Å².